The summed E-state index contributed by atoms with van der Waals surface area (Å²) in [5, 5.41) is 59.1. The van der Waals surface area contributed by atoms with Gasteiger partial charge in [-0.05, 0) is 0 Å². The molecule has 0 aromatic heterocycles. The van der Waals surface area contributed by atoms with E-state index in [1.807, 2.05) is 0 Å². The Morgan fingerprint density at radius 2 is 0.341 bits per heavy atom. The number of ether oxygens (including phenoxy) is 12. The molecule has 2 radical (unpaired) electrons. The molecule has 0 spiro atoms. The van der Waals surface area contributed by atoms with Gasteiger partial charge in [0.1, 0.15) is 37.7 Å². The van der Waals surface area contributed by atoms with Gasteiger partial charge in [0.2, 0.25) is 0 Å². The first-order valence-corrected chi connectivity index (χ1v) is 11.9. The molecule has 44 heavy (non-hydrogen) atoms. The van der Waals surface area contributed by atoms with Crippen molar-refractivity contribution in [2.24, 2.45) is 0 Å². The van der Waals surface area contributed by atoms with Crippen molar-refractivity contribution in [2.45, 2.75) is 37.7 Å². The van der Waals surface area contributed by atoms with Crippen LogP contribution in [0.4, 0.5) is 0 Å². The van der Waals surface area contributed by atoms with E-state index in [9.17, 15) is 30.6 Å². The van der Waals surface area contributed by atoms with Gasteiger partial charge in [-0.15, -0.1) is 0 Å². The van der Waals surface area contributed by atoms with Crippen molar-refractivity contribution in [3.8, 4) is 0 Å². The predicted molar refractivity (Wildman–Crippen MR) is 142 cm³/mol. The van der Waals surface area contributed by atoms with E-state index in [4.69, 9.17) is 0 Å². The summed E-state index contributed by atoms with van der Waals surface area (Å²) in [6, 6.07) is 0. The van der Waals surface area contributed by atoms with E-state index in [-0.39, 0.29) is 93.1 Å². The van der Waals surface area contributed by atoms with Crippen molar-refractivity contribution in [1.82, 2.24) is 0 Å². The van der Waals surface area contributed by atoms with Crippen LogP contribution in [-0.2, 0) is 83.0 Å². The van der Waals surface area contributed by atoms with E-state index in [2.05, 4.69) is 56.8 Å². The zero-order valence-electron chi connectivity index (χ0n) is 28.1. The van der Waals surface area contributed by atoms with Crippen LogP contribution in [0, 0.1) is 0 Å². The maximum atomic E-state index is 9.84. The SMILES string of the molecule is COC(C[O-])OC.COC(C[O-])OC.COC(C[O-])OC.COC(C[O-])OC.COC(C[O-])OC.COC(C[O-])OC.[Pb+2].[Zr+4]. The normalized spacial score (nSPS) is 9.82. The van der Waals surface area contributed by atoms with Crippen LogP contribution in [0.1, 0.15) is 0 Å². The van der Waals surface area contributed by atoms with Crippen molar-refractivity contribution < 1.29 is 114 Å². The molecule has 20 heteroatoms. The standard InChI is InChI=1S/6C4H9O3.Pb.Zr/c6*1-6-4(3-5)7-2;;/h6*4H,3H2,1-2H3;;/q6*-1;+2;+4. The van der Waals surface area contributed by atoms with Gasteiger partial charge in [0.05, 0.1) is 0 Å². The fraction of sp³-hybridized carbons (Fsp3) is 1.00. The molecule has 0 heterocycles. The fourth-order valence-corrected chi connectivity index (χ4v) is 1.39. The van der Waals surface area contributed by atoms with Gasteiger partial charge in [-0.1, -0.05) is 39.6 Å². The molecule has 266 valence electrons. The van der Waals surface area contributed by atoms with Crippen molar-refractivity contribution in [3.05, 3.63) is 0 Å². The van der Waals surface area contributed by atoms with Gasteiger partial charge in [-0.2, -0.15) is 0 Å². The van der Waals surface area contributed by atoms with Crippen LogP contribution in [0.5, 0.6) is 0 Å². The molecule has 0 aromatic carbocycles. The van der Waals surface area contributed by atoms with Gasteiger partial charge in [-0.3, -0.25) is 0 Å². The Morgan fingerprint density at radius 3 is 0.341 bits per heavy atom. The largest absolute Gasteiger partial charge is 4.00 e. The van der Waals surface area contributed by atoms with Gasteiger partial charge in [0, 0.05) is 85.3 Å². The average molecular weight is 929 g/mol. The molecule has 0 rings (SSSR count). The number of methoxy groups -OCH3 is 12. The van der Waals surface area contributed by atoms with E-state index in [1.165, 1.54) is 85.3 Å². The maximum absolute atomic E-state index is 9.84. The summed E-state index contributed by atoms with van der Waals surface area (Å²) in [5.41, 5.74) is 0. The molecule has 0 fully saturated rings. The fourth-order valence-electron chi connectivity index (χ4n) is 1.39. The predicted octanol–water partition coefficient (Wildman–Crippen LogP) is -6.59. The number of hydrogen-bond donors (Lipinski definition) is 0. The van der Waals surface area contributed by atoms with Crippen LogP contribution in [0.3, 0.4) is 0 Å². The summed E-state index contributed by atoms with van der Waals surface area (Å²) in [4.78, 5) is 0. The Morgan fingerprint density at radius 1 is 0.273 bits per heavy atom. The quantitative estimate of drug-likeness (QED) is 0.0916. The van der Waals surface area contributed by atoms with Gasteiger partial charge in [-0.25, -0.2) is 0 Å². The second-order valence-corrected chi connectivity index (χ2v) is 6.41. The summed E-state index contributed by atoms with van der Waals surface area (Å²) in [5.74, 6) is 0. The topological polar surface area (TPSA) is 249 Å². The van der Waals surface area contributed by atoms with Gasteiger partial charge in [0.25, 0.3) is 0 Å². The second-order valence-electron chi connectivity index (χ2n) is 6.41. The smallest absolute Gasteiger partial charge is 0.851 e. The average Bonchev–Trinajstić information content (AvgIpc) is 3.04. The second kappa shape index (κ2) is 59.5. The molecule has 18 nitrogen and oxygen atoms in total. The Kier molecular flexibility index (Phi) is 86.2. The summed E-state index contributed by atoms with van der Waals surface area (Å²) in [7, 11) is 17.2. The number of hydrogen-bond acceptors (Lipinski definition) is 18. The minimum Gasteiger partial charge on any atom is -0.851 e. The van der Waals surface area contributed by atoms with Crippen LogP contribution < -0.4 is 30.6 Å². The molecule has 0 aliphatic carbocycles. The molecule has 0 amide bonds. The van der Waals surface area contributed by atoms with E-state index >= 15 is 0 Å². The molecule has 0 bridgehead atoms. The third-order valence-corrected chi connectivity index (χ3v) is 3.97. The third-order valence-electron chi connectivity index (χ3n) is 3.97. The summed E-state index contributed by atoms with van der Waals surface area (Å²) < 4.78 is 54.2. The minimum atomic E-state index is -0.569. The van der Waals surface area contributed by atoms with Crippen LogP contribution >= 0.6 is 0 Å². The molecule has 0 atom stereocenters. The summed E-state index contributed by atoms with van der Waals surface area (Å²) in [6.45, 7) is -2.04. The Hall–Kier alpha value is 1.09. The molecular formula is C24H54O18PbZr. The van der Waals surface area contributed by atoms with Crippen LogP contribution in [0.25, 0.3) is 0 Å². The summed E-state index contributed by atoms with van der Waals surface area (Å²) >= 11 is 0. The Balaban J connectivity index is -0.0000000584. The number of rotatable bonds is 18. The van der Waals surface area contributed by atoms with E-state index < -0.39 is 37.7 Å². The molecule has 0 N–H and O–H groups in total. The molecule has 0 unspecified atom stereocenters. The monoisotopic (exact) mass is 928 g/mol. The van der Waals surface area contributed by atoms with E-state index in [1.54, 1.807) is 0 Å². The zero-order chi connectivity index (χ0) is 34.2. The van der Waals surface area contributed by atoms with Crippen molar-refractivity contribution in [1.29, 1.82) is 0 Å². The maximum Gasteiger partial charge on any atom is 4.00 e. The van der Waals surface area contributed by atoms with Gasteiger partial charge >= 0.3 is 53.5 Å². The van der Waals surface area contributed by atoms with Crippen LogP contribution in [0.15, 0.2) is 0 Å². The van der Waals surface area contributed by atoms with Crippen molar-refractivity contribution in [3.63, 3.8) is 0 Å². The first-order chi connectivity index (χ1) is 20.1. The van der Waals surface area contributed by atoms with E-state index in [0.717, 1.165) is 0 Å². The molecule has 0 aliphatic heterocycles. The molecule has 0 saturated heterocycles. The minimum absolute atomic E-state index is 0. The first kappa shape index (κ1) is 63.7. The van der Waals surface area contributed by atoms with Crippen molar-refractivity contribution in [2.75, 3.05) is 125 Å². The Labute approximate surface area is 302 Å². The first-order valence-electron chi connectivity index (χ1n) is 11.9. The molecule has 0 aromatic rings. The van der Waals surface area contributed by atoms with Crippen LogP contribution in [-0.4, -0.2) is 190 Å². The van der Waals surface area contributed by atoms with Gasteiger partial charge in [0.15, 0.2) is 0 Å². The van der Waals surface area contributed by atoms with E-state index in [0.29, 0.717) is 0 Å². The van der Waals surface area contributed by atoms with Crippen LogP contribution in [0.2, 0.25) is 0 Å². The van der Waals surface area contributed by atoms with Gasteiger partial charge < -0.3 is 87.5 Å². The Bertz CT molecular complexity index is 277. The molecular weight excluding hydrogens is 875 g/mol. The van der Waals surface area contributed by atoms with Crippen molar-refractivity contribution >= 4 is 27.3 Å². The molecule has 0 saturated carbocycles. The third kappa shape index (κ3) is 55.5. The molecule has 0 aliphatic rings. The summed E-state index contributed by atoms with van der Waals surface area (Å²) in [6.07, 6.45) is -3.42. The zero-order valence-corrected chi connectivity index (χ0v) is 34.4.